The van der Waals surface area contributed by atoms with Crippen molar-refractivity contribution in [3.8, 4) is 0 Å². The minimum absolute atomic E-state index is 0.181. The fourth-order valence-corrected chi connectivity index (χ4v) is 2.31. The molecule has 3 rings (SSSR count). The van der Waals surface area contributed by atoms with Crippen molar-refractivity contribution < 1.29 is 29.1 Å². The van der Waals surface area contributed by atoms with Crippen LogP contribution in [0.25, 0.3) is 0 Å². The number of fused-ring (bicyclic) bond motifs is 1. The van der Waals surface area contributed by atoms with E-state index in [0.29, 0.717) is 10.2 Å². The maximum atomic E-state index is 12.2. The summed E-state index contributed by atoms with van der Waals surface area (Å²) in [6.07, 6.45) is -1.47. The predicted octanol–water partition coefficient (Wildman–Crippen LogP) is 0.205. The van der Waals surface area contributed by atoms with Crippen LogP contribution >= 0.6 is 0 Å². The number of rotatable bonds is 3. The molecule has 0 aromatic heterocycles. The molecule has 0 radical (unpaired) electrons. The van der Waals surface area contributed by atoms with Gasteiger partial charge in [0, 0.05) is 0 Å². The van der Waals surface area contributed by atoms with Gasteiger partial charge in [0.15, 0.2) is 0 Å². The molecule has 0 unspecified atom stereocenters. The number of benzene rings is 1. The molecule has 8 heteroatoms. The third-order valence-corrected chi connectivity index (χ3v) is 3.22. The Bertz CT molecular complexity index is 635. The van der Waals surface area contributed by atoms with Crippen molar-refractivity contribution >= 4 is 23.7 Å². The lowest BCUT2D eigenvalue weighted by Gasteiger charge is -2.23. The summed E-state index contributed by atoms with van der Waals surface area (Å²) < 4.78 is 0. The van der Waals surface area contributed by atoms with Gasteiger partial charge in [0.2, 0.25) is 0 Å². The highest BCUT2D eigenvalue weighted by molar-refractivity contribution is 6.21. The number of carboxylic acids is 1. The molecule has 0 aliphatic carbocycles. The van der Waals surface area contributed by atoms with Gasteiger partial charge in [-0.1, -0.05) is 12.1 Å². The van der Waals surface area contributed by atoms with Gasteiger partial charge >= 0.3 is 5.97 Å². The molecule has 108 valence electrons. The normalized spacial score (nSPS) is 21.1. The molecule has 1 fully saturated rings. The molecule has 2 aliphatic rings. The quantitative estimate of drug-likeness (QED) is 0.798. The summed E-state index contributed by atoms with van der Waals surface area (Å²) in [7, 11) is 0. The Morgan fingerprint density at radius 3 is 2.29 bits per heavy atom. The van der Waals surface area contributed by atoms with Crippen LogP contribution in [-0.4, -0.2) is 45.1 Å². The van der Waals surface area contributed by atoms with Gasteiger partial charge in [-0.3, -0.25) is 19.2 Å². The van der Waals surface area contributed by atoms with E-state index in [1.165, 1.54) is 12.1 Å². The van der Waals surface area contributed by atoms with Gasteiger partial charge in [0.1, 0.15) is 6.10 Å². The van der Waals surface area contributed by atoms with Crippen molar-refractivity contribution in [3.05, 3.63) is 35.4 Å². The Kier molecular flexibility index (Phi) is 2.95. The Hall–Kier alpha value is -2.74. The van der Waals surface area contributed by atoms with Crippen molar-refractivity contribution in [2.75, 3.05) is 0 Å². The van der Waals surface area contributed by atoms with Crippen molar-refractivity contribution in [2.45, 2.75) is 18.9 Å². The van der Waals surface area contributed by atoms with Crippen molar-refractivity contribution in [3.63, 3.8) is 0 Å². The molecule has 1 aromatic rings. The van der Waals surface area contributed by atoms with Crippen LogP contribution in [0.15, 0.2) is 24.3 Å². The lowest BCUT2D eigenvalue weighted by Crippen LogP contribution is -2.46. The maximum absolute atomic E-state index is 12.2. The monoisotopic (exact) mass is 290 g/mol. The van der Waals surface area contributed by atoms with Gasteiger partial charge in [0.25, 0.3) is 17.7 Å². The summed E-state index contributed by atoms with van der Waals surface area (Å²) in [5.41, 5.74) is 0.362. The third-order valence-electron chi connectivity index (χ3n) is 3.22. The number of carbonyl (C=O) groups is 4. The number of hydroxylamine groups is 1. The topological polar surface area (TPSA) is 104 Å². The molecule has 8 nitrogen and oxygen atoms in total. The average Bonchev–Trinajstić information content (AvgIpc) is 2.89. The fraction of sp³-hybridized carbons (Fsp3) is 0.231. The molecule has 0 spiro atoms. The zero-order chi connectivity index (χ0) is 15.1. The van der Waals surface area contributed by atoms with E-state index < -0.39 is 29.8 Å². The summed E-state index contributed by atoms with van der Waals surface area (Å²) in [5.74, 6) is -3.09. The van der Waals surface area contributed by atoms with Gasteiger partial charge in [0.05, 0.1) is 24.0 Å². The van der Waals surface area contributed by atoms with Crippen LogP contribution < -0.4 is 0 Å². The average molecular weight is 290 g/mol. The molecule has 3 amide bonds. The van der Waals surface area contributed by atoms with E-state index in [1.807, 2.05) is 0 Å². The summed E-state index contributed by atoms with van der Waals surface area (Å²) in [6.45, 7) is 0. The van der Waals surface area contributed by atoms with Gasteiger partial charge in [-0.15, -0.1) is 5.17 Å². The Balaban J connectivity index is 1.86. The van der Waals surface area contributed by atoms with Crippen molar-refractivity contribution in [1.29, 1.82) is 0 Å². The first-order chi connectivity index (χ1) is 9.99. The molecule has 21 heavy (non-hydrogen) atoms. The van der Waals surface area contributed by atoms with Crippen LogP contribution in [0, 0.1) is 0 Å². The summed E-state index contributed by atoms with van der Waals surface area (Å²) >= 11 is 0. The number of imide groups is 1. The first-order valence-electron chi connectivity index (χ1n) is 6.18. The first-order valence-corrected chi connectivity index (χ1v) is 6.18. The van der Waals surface area contributed by atoms with Crippen LogP contribution in [0.1, 0.15) is 33.6 Å². The maximum Gasteiger partial charge on any atom is 0.306 e. The van der Waals surface area contributed by atoms with Gasteiger partial charge in [-0.25, -0.2) is 4.84 Å². The zero-order valence-electron chi connectivity index (χ0n) is 10.7. The highest BCUT2D eigenvalue weighted by Crippen LogP contribution is 2.28. The standard InChI is InChI=1S/C13H10N2O6/c16-10-5-7(6-11(17)18)21-15(10)14-12(19)8-3-1-2-4-9(8)13(14)20/h1-4,7H,5-6H2,(H,17,18)/t7-/m0/s1. The van der Waals surface area contributed by atoms with Crippen LogP contribution in [0.5, 0.6) is 0 Å². The minimum Gasteiger partial charge on any atom is -0.481 e. The van der Waals surface area contributed by atoms with Crippen molar-refractivity contribution in [1.82, 2.24) is 10.2 Å². The number of nitrogens with zero attached hydrogens (tertiary/aromatic N) is 2. The zero-order valence-corrected chi connectivity index (χ0v) is 10.7. The van der Waals surface area contributed by atoms with E-state index in [2.05, 4.69) is 0 Å². The predicted molar refractivity (Wildman–Crippen MR) is 65.5 cm³/mol. The summed E-state index contributed by atoms with van der Waals surface area (Å²) in [4.78, 5) is 52.0. The summed E-state index contributed by atoms with van der Waals surface area (Å²) in [5, 5.41) is 9.87. The molecule has 1 N–H and O–H groups in total. The van der Waals surface area contributed by atoms with Crippen LogP contribution in [0.3, 0.4) is 0 Å². The van der Waals surface area contributed by atoms with E-state index in [0.717, 1.165) is 0 Å². The summed E-state index contributed by atoms with van der Waals surface area (Å²) in [6, 6.07) is 6.16. The lowest BCUT2D eigenvalue weighted by atomic mass is 10.1. The number of carboxylic acid groups (broad SMARTS) is 1. The molecule has 1 saturated heterocycles. The number of carbonyl (C=O) groups excluding carboxylic acids is 3. The Morgan fingerprint density at radius 2 is 1.76 bits per heavy atom. The molecular weight excluding hydrogens is 280 g/mol. The molecule has 0 bridgehead atoms. The van der Waals surface area contributed by atoms with Crippen LogP contribution in [0.4, 0.5) is 0 Å². The lowest BCUT2D eigenvalue weighted by molar-refractivity contribution is -0.228. The van der Waals surface area contributed by atoms with E-state index in [-0.39, 0.29) is 24.0 Å². The van der Waals surface area contributed by atoms with E-state index in [4.69, 9.17) is 9.94 Å². The molecule has 2 heterocycles. The molecule has 1 aromatic carbocycles. The second kappa shape index (κ2) is 4.67. The number of amides is 3. The van der Waals surface area contributed by atoms with E-state index in [9.17, 15) is 19.2 Å². The number of hydrogen-bond donors (Lipinski definition) is 1. The minimum atomic E-state index is -1.13. The van der Waals surface area contributed by atoms with E-state index >= 15 is 0 Å². The molecule has 0 saturated carbocycles. The number of hydrazine groups is 1. The van der Waals surface area contributed by atoms with Gasteiger partial charge < -0.3 is 5.11 Å². The van der Waals surface area contributed by atoms with Crippen molar-refractivity contribution in [2.24, 2.45) is 0 Å². The van der Waals surface area contributed by atoms with E-state index in [1.54, 1.807) is 12.1 Å². The number of hydrogen-bond acceptors (Lipinski definition) is 5. The van der Waals surface area contributed by atoms with Crippen LogP contribution in [0.2, 0.25) is 0 Å². The number of aliphatic carboxylic acids is 1. The second-order valence-electron chi connectivity index (χ2n) is 4.66. The molecular formula is C13H10N2O6. The smallest absolute Gasteiger partial charge is 0.306 e. The SMILES string of the molecule is O=C(O)C[C@@H]1CC(=O)N(N2C(=O)c3ccccc3C2=O)O1. The Labute approximate surface area is 118 Å². The molecule has 1 atom stereocenters. The largest absolute Gasteiger partial charge is 0.481 e. The highest BCUT2D eigenvalue weighted by Gasteiger charge is 2.46. The van der Waals surface area contributed by atoms with Crippen LogP contribution in [-0.2, 0) is 14.4 Å². The first kappa shape index (κ1) is 13.3. The Morgan fingerprint density at radius 1 is 1.19 bits per heavy atom. The fourth-order valence-electron chi connectivity index (χ4n) is 2.31. The third kappa shape index (κ3) is 2.05. The second-order valence-corrected chi connectivity index (χ2v) is 4.66. The van der Waals surface area contributed by atoms with Gasteiger partial charge in [-0.2, -0.15) is 5.01 Å². The highest BCUT2D eigenvalue weighted by atomic mass is 16.7. The van der Waals surface area contributed by atoms with Gasteiger partial charge in [-0.05, 0) is 12.1 Å². The molecule has 2 aliphatic heterocycles.